The van der Waals surface area contributed by atoms with Gasteiger partial charge < -0.3 is 15.0 Å². The molecule has 1 atom stereocenters. The SMILES string of the molecule is CC(C)[C@H](NC(=O)c1ccc(Cl)cc1Cl)C(=O)OCC(=O)N(C)C. The molecule has 0 aliphatic heterocycles. The van der Waals surface area contributed by atoms with Crippen LogP contribution in [0.3, 0.4) is 0 Å². The maximum absolute atomic E-state index is 12.3. The second kappa shape index (κ2) is 8.89. The molecule has 132 valence electrons. The maximum atomic E-state index is 12.3. The van der Waals surface area contributed by atoms with Crippen molar-refractivity contribution in [3.63, 3.8) is 0 Å². The number of rotatable bonds is 6. The summed E-state index contributed by atoms with van der Waals surface area (Å²) in [5.74, 6) is -1.79. The van der Waals surface area contributed by atoms with Gasteiger partial charge in [0, 0.05) is 19.1 Å². The molecule has 1 aromatic carbocycles. The lowest BCUT2D eigenvalue weighted by atomic mass is 10.0. The van der Waals surface area contributed by atoms with E-state index < -0.39 is 17.9 Å². The molecular weight excluding hydrogens is 355 g/mol. The van der Waals surface area contributed by atoms with Gasteiger partial charge in [0.05, 0.1) is 10.6 Å². The first-order chi connectivity index (χ1) is 11.1. The zero-order valence-electron chi connectivity index (χ0n) is 13.9. The fraction of sp³-hybridized carbons (Fsp3) is 0.438. The van der Waals surface area contributed by atoms with Crippen LogP contribution in [0.2, 0.25) is 10.0 Å². The molecule has 0 bridgehead atoms. The van der Waals surface area contributed by atoms with Crippen LogP contribution in [-0.2, 0) is 14.3 Å². The number of esters is 1. The molecule has 0 heterocycles. The van der Waals surface area contributed by atoms with Crippen molar-refractivity contribution in [2.24, 2.45) is 5.92 Å². The third-order valence-corrected chi connectivity index (χ3v) is 3.77. The number of likely N-dealkylation sites (N-methyl/N-ethyl adjacent to an activating group) is 1. The summed E-state index contributed by atoms with van der Waals surface area (Å²) in [7, 11) is 3.11. The van der Waals surface area contributed by atoms with Gasteiger partial charge in [-0.2, -0.15) is 0 Å². The van der Waals surface area contributed by atoms with Crippen LogP contribution in [0.15, 0.2) is 18.2 Å². The van der Waals surface area contributed by atoms with Crippen molar-refractivity contribution in [2.75, 3.05) is 20.7 Å². The van der Waals surface area contributed by atoms with Crippen molar-refractivity contribution < 1.29 is 19.1 Å². The number of benzene rings is 1. The van der Waals surface area contributed by atoms with E-state index in [1.807, 2.05) is 0 Å². The highest BCUT2D eigenvalue weighted by molar-refractivity contribution is 6.36. The second-order valence-electron chi connectivity index (χ2n) is 5.72. The largest absolute Gasteiger partial charge is 0.454 e. The van der Waals surface area contributed by atoms with Gasteiger partial charge in [-0.25, -0.2) is 4.79 Å². The van der Waals surface area contributed by atoms with E-state index in [1.54, 1.807) is 27.9 Å². The molecule has 1 rings (SSSR count). The summed E-state index contributed by atoms with van der Waals surface area (Å²) in [5.41, 5.74) is 0.198. The number of ether oxygens (including phenoxy) is 1. The van der Waals surface area contributed by atoms with Crippen LogP contribution in [0.25, 0.3) is 0 Å². The van der Waals surface area contributed by atoms with Gasteiger partial charge in [0.25, 0.3) is 11.8 Å². The van der Waals surface area contributed by atoms with E-state index in [2.05, 4.69) is 5.32 Å². The molecule has 0 spiro atoms. The highest BCUT2D eigenvalue weighted by Gasteiger charge is 2.27. The van der Waals surface area contributed by atoms with Crippen LogP contribution in [0, 0.1) is 5.92 Å². The Morgan fingerprint density at radius 1 is 1.21 bits per heavy atom. The van der Waals surface area contributed by atoms with Crippen LogP contribution < -0.4 is 5.32 Å². The minimum atomic E-state index is -0.904. The van der Waals surface area contributed by atoms with E-state index in [9.17, 15) is 14.4 Å². The summed E-state index contributed by atoms with van der Waals surface area (Å²) in [6.45, 7) is 3.12. The minimum absolute atomic E-state index is 0.179. The Morgan fingerprint density at radius 3 is 2.33 bits per heavy atom. The normalized spacial score (nSPS) is 11.8. The summed E-state index contributed by atoms with van der Waals surface area (Å²) in [6.07, 6.45) is 0. The number of carbonyl (C=O) groups is 3. The Hall–Kier alpha value is -1.79. The summed E-state index contributed by atoms with van der Waals surface area (Å²) < 4.78 is 4.98. The first-order valence-corrected chi connectivity index (χ1v) is 8.01. The Morgan fingerprint density at radius 2 is 1.83 bits per heavy atom. The molecule has 0 radical (unpaired) electrons. The summed E-state index contributed by atoms with van der Waals surface area (Å²) in [6, 6.07) is 3.54. The third-order valence-electron chi connectivity index (χ3n) is 3.22. The predicted molar refractivity (Wildman–Crippen MR) is 92.2 cm³/mol. The molecule has 8 heteroatoms. The van der Waals surface area contributed by atoms with E-state index >= 15 is 0 Å². The van der Waals surface area contributed by atoms with Crippen molar-refractivity contribution in [1.29, 1.82) is 0 Å². The van der Waals surface area contributed by atoms with Crippen molar-refractivity contribution in [3.05, 3.63) is 33.8 Å². The Balaban J connectivity index is 2.80. The molecule has 24 heavy (non-hydrogen) atoms. The number of halogens is 2. The molecule has 0 saturated carbocycles. The van der Waals surface area contributed by atoms with E-state index in [4.69, 9.17) is 27.9 Å². The van der Waals surface area contributed by atoms with E-state index in [0.29, 0.717) is 5.02 Å². The zero-order chi connectivity index (χ0) is 18.4. The van der Waals surface area contributed by atoms with E-state index in [1.165, 1.54) is 23.1 Å². The molecule has 1 N–H and O–H groups in total. The number of carbonyl (C=O) groups excluding carboxylic acids is 3. The molecule has 0 aromatic heterocycles. The highest BCUT2D eigenvalue weighted by Crippen LogP contribution is 2.21. The molecule has 0 fully saturated rings. The topological polar surface area (TPSA) is 75.7 Å². The maximum Gasteiger partial charge on any atom is 0.329 e. The molecular formula is C16H20Cl2N2O4. The summed E-state index contributed by atoms with van der Waals surface area (Å²) in [5, 5.41) is 3.16. The van der Waals surface area contributed by atoms with Crippen LogP contribution in [0.4, 0.5) is 0 Å². The molecule has 2 amide bonds. The predicted octanol–water partition coefficient (Wildman–Crippen LogP) is 2.38. The van der Waals surface area contributed by atoms with Gasteiger partial charge in [-0.3, -0.25) is 9.59 Å². The number of amides is 2. The molecule has 0 aliphatic rings. The third kappa shape index (κ3) is 5.69. The smallest absolute Gasteiger partial charge is 0.329 e. The van der Waals surface area contributed by atoms with Gasteiger partial charge in [0.2, 0.25) is 0 Å². The Labute approximate surface area is 151 Å². The van der Waals surface area contributed by atoms with Gasteiger partial charge in [-0.15, -0.1) is 0 Å². The zero-order valence-corrected chi connectivity index (χ0v) is 15.4. The number of hydrogen-bond donors (Lipinski definition) is 1. The van der Waals surface area contributed by atoms with Crippen molar-refractivity contribution in [2.45, 2.75) is 19.9 Å². The molecule has 1 aromatic rings. The number of nitrogens with zero attached hydrogens (tertiary/aromatic N) is 1. The molecule has 6 nitrogen and oxygen atoms in total. The van der Waals surface area contributed by atoms with Gasteiger partial charge >= 0.3 is 5.97 Å². The Kier molecular flexibility index (Phi) is 7.51. The fourth-order valence-corrected chi connectivity index (χ4v) is 2.24. The molecule has 0 aliphatic carbocycles. The van der Waals surface area contributed by atoms with Gasteiger partial charge in [0.15, 0.2) is 6.61 Å². The number of nitrogens with one attached hydrogen (secondary N) is 1. The van der Waals surface area contributed by atoms with Gasteiger partial charge in [-0.05, 0) is 24.1 Å². The van der Waals surface area contributed by atoms with Crippen LogP contribution >= 0.6 is 23.2 Å². The second-order valence-corrected chi connectivity index (χ2v) is 6.56. The lowest BCUT2D eigenvalue weighted by Crippen LogP contribution is -2.46. The average molecular weight is 375 g/mol. The Bertz CT molecular complexity index is 633. The van der Waals surface area contributed by atoms with Crippen molar-refractivity contribution in [1.82, 2.24) is 10.2 Å². The van der Waals surface area contributed by atoms with Gasteiger partial charge in [0.1, 0.15) is 6.04 Å². The monoisotopic (exact) mass is 374 g/mol. The van der Waals surface area contributed by atoms with Gasteiger partial charge in [-0.1, -0.05) is 37.0 Å². The standard InChI is InChI=1S/C16H20Cl2N2O4/c1-9(2)14(16(23)24-8-13(21)20(3)4)19-15(22)11-6-5-10(17)7-12(11)18/h5-7,9,14H,8H2,1-4H3,(H,19,22)/t14-/m0/s1. The van der Waals surface area contributed by atoms with E-state index in [-0.39, 0.29) is 29.0 Å². The fourth-order valence-electron chi connectivity index (χ4n) is 1.74. The van der Waals surface area contributed by atoms with Crippen molar-refractivity contribution in [3.8, 4) is 0 Å². The first kappa shape index (κ1) is 20.3. The van der Waals surface area contributed by atoms with Crippen LogP contribution in [0.5, 0.6) is 0 Å². The molecule has 0 unspecified atom stereocenters. The first-order valence-electron chi connectivity index (χ1n) is 7.26. The summed E-state index contributed by atoms with van der Waals surface area (Å²) >= 11 is 11.8. The lowest BCUT2D eigenvalue weighted by Gasteiger charge is -2.21. The lowest BCUT2D eigenvalue weighted by molar-refractivity contribution is -0.153. The summed E-state index contributed by atoms with van der Waals surface area (Å²) in [4.78, 5) is 37.3. The number of hydrogen-bond acceptors (Lipinski definition) is 4. The van der Waals surface area contributed by atoms with Crippen LogP contribution in [-0.4, -0.2) is 49.4 Å². The quantitative estimate of drug-likeness (QED) is 0.775. The average Bonchev–Trinajstić information content (AvgIpc) is 2.49. The van der Waals surface area contributed by atoms with E-state index in [0.717, 1.165) is 0 Å². The minimum Gasteiger partial charge on any atom is -0.454 e. The molecule has 0 saturated heterocycles. The van der Waals surface area contributed by atoms with Crippen molar-refractivity contribution >= 4 is 41.0 Å². The van der Waals surface area contributed by atoms with Crippen LogP contribution in [0.1, 0.15) is 24.2 Å². The highest BCUT2D eigenvalue weighted by atomic mass is 35.5.